The summed E-state index contributed by atoms with van der Waals surface area (Å²) in [4.78, 5) is 26.1. The van der Waals surface area contributed by atoms with Gasteiger partial charge in [0.25, 0.3) is 5.69 Å². The molecule has 0 bridgehead atoms. The minimum Gasteiger partial charge on any atom is -0.324 e. The van der Waals surface area contributed by atoms with Gasteiger partial charge in [-0.05, 0) is 18.2 Å². The Labute approximate surface area is 130 Å². The van der Waals surface area contributed by atoms with Crippen molar-refractivity contribution in [3.63, 3.8) is 0 Å². The standard InChI is InChI=1S/C15H10FN3O3/c16-12-4-2-1-3-10(12)15-11-7-9(19(21)22)5-6-13(11)18-14(20)8-17-15/h1-7H,8H2,(H,18,20)/i1D,2D,3D,4D. The third kappa shape index (κ3) is 2.44. The smallest absolute Gasteiger partial charge is 0.270 e. The van der Waals surface area contributed by atoms with Crippen LogP contribution in [0.15, 0.2) is 47.4 Å². The van der Waals surface area contributed by atoms with Crippen molar-refractivity contribution in [1.29, 1.82) is 0 Å². The molecule has 0 fully saturated rings. The van der Waals surface area contributed by atoms with Gasteiger partial charge in [-0.1, -0.05) is 12.1 Å². The Balaban J connectivity index is 2.35. The van der Waals surface area contributed by atoms with E-state index < -0.39 is 52.9 Å². The average molecular weight is 303 g/mol. The van der Waals surface area contributed by atoms with Crippen LogP contribution in [0.4, 0.5) is 15.8 Å². The van der Waals surface area contributed by atoms with Gasteiger partial charge in [-0.3, -0.25) is 19.9 Å². The van der Waals surface area contributed by atoms with Crippen molar-refractivity contribution in [1.82, 2.24) is 0 Å². The number of fused-ring (bicyclic) bond motifs is 1. The number of hydrogen-bond donors (Lipinski definition) is 1. The summed E-state index contributed by atoms with van der Waals surface area (Å²) in [7, 11) is 0. The Kier molecular flexibility index (Phi) is 2.38. The van der Waals surface area contributed by atoms with E-state index in [9.17, 15) is 19.3 Å². The fourth-order valence-electron chi connectivity index (χ4n) is 2.05. The average Bonchev–Trinajstić information content (AvgIpc) is 2.77. The number of aliphatic imine (C=N–C) groups is 1. The quantitative estimate of drug-likeness (QED) is 0.683. The molecule has 1 heterocycles. The van der Waals surface area contributed by atoms with Crippen LogP contribution < -0.4 is 5.32 Å². The number of benzene rings is 2. The van der Waals surface area contributed by atoms with Gasteiger partial charge in [0.15, 0.2) is 0 Å². The van der Waals surface area contributed by atoms with Gasteiger partial charge in [-0.2, -0.15) is 0 Å². The molecule has 0 aromatic heterocycles. The lowest BCUT2D eigenvalue weighted by molar-refractivity contribution is -0.384. The highest BCUT2D eigenvalue weighted by molar-refractivity contribution is 6.19. The Hall–Kier alpha value is -3.09. The molecule has 7 heteroatoms. The summed E-state index contributed by atoms with van der Waals surface area (Å²) >= 11 is 0. The SMILES string of the molecule is [2H]c1c([2H])c([2H])c(C2=NCC(=O)Nc3ccc([N+](=O)[O-])cc32)c(F)c1[2H]. The number of nitro benzene ring substituents is 1. The van der Waals surface area contributed by atoms with E-state index in [1.165, 1.54) is 6.07 Å². The maximum atomic E-state index is 14.6. The summed E-state index contributed by atoms with van der Waals surface area (Å²) < 4.78 is 45.5. The number of halogens is 1. The number of rotatable bonds is 2. The van der Waals surface area contributed by atoms with Gasteiger partial charge >= 0.3 is 0 Å². The molecular formula is C15H10FN3O3. The first kappa shape index (κ1) is 9.78. The second kappa shape index (κ2) is 5.36. The van der Waals surface area contributed by atoms with Crippen molar-refractivity contribution < 1.29 is 19.6 Å². The van der Waals surface area contributed by atoms with Crippen molar-refractivity contribution >= 4 is 23.0 Å². The zero-order valence-electron chi connectivity index (χ0n) is 14.9. The van der Waals surface area contributed by atoms with Crippen molar-refractivity contribution in [3.8, 4) is 0 Å². The van der Waals surface area contributed by atoms with Gasteiger partial charge < -0.3 is 5.32 Å². The maximum absolute atomic E-state index is 14.6. The minimum atomic E-state index is -1.25. The Morgan fingerprint density at radius 2 is 2.09 bits per heavy atom. The molecule has 3 rings (SSSR count). The lowest BCUT2D eigenvalue weighted by Crippen LogP contribution is -2.13. The molecular weight excluding hydrogens is 289 g/mol. The second-order valence-electron chi connectivity index (χ2n) is 4.39. The molecule has 0 aliphatic carbocycles. The molecule has 2 aromatic carbocycles. The van der Waals surface area contributed by atoms with E-state index in [0.29, 0.717) is 0 Å². The first-order valence-electron chi connectivity index (χ1n) is 8.11. The fraction of sp³-hybridized carbons (Fsp3) is 0.0667. The van der Waals surface area contributed by atoms with Crippen LogP contribution >= 0.6 is 0 Å². The highest BCUT2D eigenvalue weighted by atomic mass is 19.1. The predicted molar refractivity (Wildman–Crippen MR) is 78.6 cm³/mol. The normalized spacial score (nSPS) is 16.2. The van der Waals surface area contributed by atoms with Gasteiger partial charge in [0.05, 0.1) is 21.8 Å². The summed E-state index contributed by atoms with van der Waals surface area (Å²) in [5.74, 6) is -1.79. The zero-order chi connectivity index (χ0) is 19.2. The van der Waals surface area contributed by atoms with Crippen LogP contribution in [0.3, 0.4) is 0 Å². The van der Waals surface area contributed by atoms with Crippen LogP contribution in [0.25, 0.3) is 0 Å². The summed E-state index contributed by atoms with van der Waals surface area (Å²) in [5, 5.41) is 13.5. The fourth-order valence-corrected chi connectivity index (χ4v) is 2.05. The van der Waals surface area contributed by atoms with E-state index in [-0.39, 0.29) is 22.6 Å². The van der Waals surface area contributed by atoms with Crippen LogP contribution in [-0.4, -0.2) is 23.1 Å². The number of hydrogen-bond acceptors (Lipinski definition) is 4. The molecule has 0 radical (unpaired) electrons. The van der Waals surface area contributed by atoms with Crippen LogP contribution in [0.1, 0.15) is 16.6 Å². The third-order valence-electron chi connectivity index (χ3n) is 3.00. The van der Waals surface area contributed by atoms with Crippen LogP contribution in [0.5, 0.6) is 0 Å². The highest BCUT2D eigenvalue weighted by Gasteiger charge is 2.22. The third-order valence-corrected chi connectivity index (χ3v) is 3.00. The molecule has 1 N–H and O–H groups in total. The van der Waals surface area contributed by atoms with E-state index in [4.69, 9.17) is 5.48 Å². The van der Waals surface area contributed by atoms with Gasteiger partial charge in [-0.25, -0.2) is 4.39 Å². The number of nitrogens with one attached hydrogen (secondary N) is 1. The lowest BCUT2D eigenvalue weighted by Gasteiger charge is -2.10. The molecule has 22 heavy (non-hydrogen) atoms. The van der Waals surface area contributed by atoms with Crippen molar-refractivity contribution in [3.05, 3.63) is 69.4 Å². The predicted octanol–water partition coefficient (Wildman–Crippen LogP) is 2.52. The zero-order valence-corrected chi connectivity index (χ0v) is 10.9. The number of carbonyl (C=O) groups is 1. The second-order valence-corrected chi connectivity index (χ2v) is 4.39. The van der Waals surface area contributed by atoms with Gasteiger partial charge in [0.1, 0.15) is 12.4 Å². The first-order valence-corrected chi connectivity index (χ1v) is 6.11. The summed E-state index contributed by atoms with van der Waals surface area (Å²) in [6.07, 6.45) is 0. The molecule has 2 aromatic rings. The van der Waals surface area contributed by atoms with E-state index in [1.807, 2.05) is 0 Å². The van der Waals surface area contributed by atoms with E-state index in [2.05, 4.69) is 10.3 Å². The van der Waals surface area contributed by atoms with Crippen LogP contribution in [0, 0.1) is 15.9 Å². The monoisotopic (exact) mass is 303 g/mol. The minimum absolute atomic E-state index is 0.00557. The number of anilines is 1. The largest absolute Gasteiger partial charge is 0.324 e. The molecule has 0 saturated heterocycles. The summed E-state index contributed by atoms with van der Waals surface area (Å²) in [6, 6.07) is 0.478. The molecule has 110 valence electrons. The topological polar surface area (TPSA) is 84.6 Å². The molecule has 1 aliphatic rings. The highest BCUT2D eigenvalue weighted by Crippen LogP contribution is 2.27. The number of nitro groups is 1. The summed E-state index contributed by atoms with van der Waals surface area (Å²) in [5.41, 5.74) is -1.02. The lowest BCUT2D eigenvalue weighted by atomic mass is 9.99. The molecule has 0 unspecified atom stereocenters. The number of benzodiazepines with no additional fused rings is 1. The van der Waals surface area contributed by atoms with E-state index >= 15 is 0 Å². The molecule has 0 spiro atoms. The first-order chi connectivity index (χ1) is 12.2. The van der Waals surface area contributed by atoms with Gasteiger partial charge in [0.2, 0.25) is 5.91 Å². The molecule has 1 aliphatic heterocycles. The van der Waals surface area contributed by atoms with E-state index in [0.717, 1.165) is 12.1 Å². The van der Waals surface area contributed by atoms with Gasteiger partial charge in [0, 0.05) is 23.3 Å². The number of non-ortho nitro benzene ring substituents is 1. The molecule has 0 atom stereocenters. The number of nitrogens with zero attached hydrogens (tertiary/aromatic N) is 2. The van der Waals surface area contributed by atoms with Gasteiger partial charge in [-0.15, -0.1) is 0 Å². The van der Waals surface area contributed by atoms with Crippen LogP contribution in [-0.2, 0) is 4.79 Å². The number of carbonyl (C=O) groups excluding carboxylic acids is 1. The Bertz CT molecular complexity index is 981. The molecule has 1 amide bonds. The van der Waals surface area contributed by atoms with Crippen LogP contribution in [0.2, 0.25) is 0 Å². The molecule has 6 nitrogen and oxygen atoms in total. The molecule has 0 saturated carbocycles. The number of amides is 1. The summed E-state index contributed by atoms with van der Waals surface area (Å²) in [6.45, 7) is -0.431. The van der Waals surface area contributed by atoms with E-state index in [1.54, 1.807) is 0 Å². The van der Waals surface area contributed by atoms with Crippen molar-refractivity contribution in [2.24, 2.45) is 4.99 Å². The Morgan fingerprint density at radius 3 is 2.86 bits per heavy atom. The maximum Gasteiger partial charge on any atom is 0.270 e. The van der Waals surface area contributed by atoms with Crippen molar-refractivity contribution in [2.45, 2.75) is 0 Å². The Morgan fingerprint density at radius 1 is 1.32 bits per heavy atom. The van der Waals surface area contributed by atoms with Crippen molar-refractivity contribution in [2.75, 3.05) is 11.9 Å².